The van der Waals surface area contributed by atoms with Crippen molar-refractivity contribution in [1.29, 1.82) is 0 Å². The normalized spacial score (nSPS) is 10.2. The van der Waals surface area contributed by atoms with Gasteiger partial charge in [-0.1, -0.05) is 17.7 Å². The van der Waals surface area contributed by atoms with Crippen molar-refractivity contribution >= 4 is 39.0 Å². The molecule has 4 heteroatoms. The first-order valence-corrected chi connectivity index (χ1v) is 5.97. The molecule has 0 aliphatic rings. The lowest BCUT2D eigenvalue weighted by atomic mass is 10.2. The van der Waals surface area contributed by atoms with Gasteiger partial charge in [-0.2, -0.15) is 0 Å². The maximum Gasteiger partial charge on any atom is 0.130 e. The van der Waals surface area contributed by atoms with Crippen molar-refractivity contribution in [3.8, 4) is 0 Å². The van der Waals surface area contributed by atoms with Gasteiger partial charge in [0.1, 0.15) is 5.82 Å². The molecule has 0 unspecified atom stereocenters. The minimum Gasteiger partial charge on any atom is -0.340 e. The standard InChI is InChI=1S/C12H10BrClN2/c1-8-10(14)3-2-4-11(8)16-12-6-5-9(13)7-15-12/h2-7H,1H3,(H,15,16). The molecular weight excluding hydrogens is 288 g/mol. The van der Waals surface area contributed by atoms with Gasteiger partial charge in [-0.3, -0.25) is 0 Å². The summed E-state index contributed by atoms with van der Waals surface area (Å²) in [6.07, 6.45) is 1.75. The first kappa shape index (κ1) is 11.4. The average Bonchev–Trinajstić information content (AvgIpc) is 2.28. The van der Waals surface area contributed by atoms with E-state index in [4.69, 9.17) is 11.6 Å². The van der Waals surface area contributed by atoms with E-state index < -0.39 is 0 Å². The van der Waals surface area contributed by atoms with Crippen LogP contribution in [0.3, 0.4) is 0 Å². The number of aromatic nitrogens is 1. The van der Waals surface area contributed by atoms with Crippen molar-refractivity contribution in [3.63, 3.8) is 0 Å². The molecule has 82 valence electrons. The number of rotatable bonds is 2. The van der Waals surface area contributed by atoms with Crippen LogP contribution in [0.4, 0.5) is 11.5 Å². The average molecular weight is 298 g/mol. The molecular formula is C12H10BrClN2. The summed E-state index contributed by atoms with van der Waals surface area (Å²) in [7, 11) is 0. The largest absolute Gasteiger partial charge is 0.340 e. The van der Waals surface area contributed by atoms with Crippen molar-refractivity contribution in [2.75, 3.05) is 5.32 Å². The quantitative estimate of drug-likeness (QED) is 0.879. The molecule has 0 aliphatic carbocycles. The summed E-state index contributed by atoms with van der Waals surface area (Å²) in [6, 6.07) is 9.61. The van der Waals surface area contributed by atoms with E-state index in [1.54, 1.807) is 6.20 Å². The summed E-state index contributed by atoms with van der Waals surface area (Å²) in [5.74, 6) is 0.800. The lowest BCUT2D eigenvalue weighted by Gasteiger charge is -2.09. The van der Waals surface area contributed by atoms with E-state index in [1.165, 1.54) is 0 Å². The van der Waals surface area contributed by atoms with Gasteiger partial charge < -0.3 is 5.32 Å². The molecule has 0 aliphatic heterocycles. The molecule has 0 bridgehead atoms. The number of hydrogen-bond acceptors (Lipinski definition) is 2. The highest BCUT2D eigenvalue weighted by Crippen LogP contribution is 2.25. The van der Waals surface area contributed by atoms with Crippen molar-refractivity contribution in [2.24, 2.45) is 0 Å². The monoisotopic (exact) mass is 296 g/mol. The minimum atomic E-state index is 0.752. The lowest BCUT2D eigenvalue weighted by molar-refractivity contribution is 1.28. The van der Waals surface area contributed by atoms with Crippen LogP contribution < -0.4 is 5.32 Å². The predicted octanol–water partition coefficient (Wildman–Crippen LogP) is 4.55. The molecule has 1 aromatic heterocycles. The zero-order valence-electron chi connectivity index (χ0n) is 8.67. The summed E-state index contributed by atoms with van der Waals surface area (Å²) in [4.78, 5) is 4.24. The van der Waals surface area contributed by atoms with Crippen LogP contribution in [0.1, 0.15) is 5.56 Å². The lowest BCUT2D eigenvalue weighted by Crippen LogP contribution is -1.95. The highest BCUT2D eigenvalue weighted by atomic mass is 79.9. The fraction of sp³-hybridized carbons (Fsp3) is 0.0833. The van der Waals surface area contributed by atoms with Crippen molar-refractivity contribution in [3.05, 3.63) is 51.6 Å². The Bertz CT molecular complexity index is 497. The number of halogens is 2. The van der Waals surface area contributed by atoms with E-state index in [-0.39, 0.29) is 0 Å². The first-order valence-electron chi connectivity index (χ1n) is 4.80. The van der Waals surface area contributed by atoms with Crippen LogP contribution in [0.5, 0.6) is 0 Å². The van der Waals surface area contributed by atoms with E-state index in [2.05, 4.69) is 26.2 Å². The molecule has 1 N–H and O–H groups in total. The third-order valence-electron chi connectivity index (χ3n) is 2.26. The second kappa shape index (κ2) is 4.85. The van der Waals surface area contributed by atoms with Crippen molar-refractivity contribution < 1.29 is 0 Å². The number of anilines is 2. The van der Waals surface area contributed by atoms with E-state index >= 15 is 0 Å². The van der Waals surface area contributed by atoms with Crippen LogP contribution in [-0.2, 0) is 0 Å². The SMILES string of the molecule is Cc1c(Cl)cccc1Nc1ccc(Br)cn1. The number of nitrogens with one attached hydrogen (secondary N) is 1. The Balaban J connectivity index is 2.27. The van der Waals surface area contributed by atoms with Gasteiger partial charge in [-0.15, -0.1) is 0 Å². The van der Waals surface area contributed by atoms with Gasteiger partial charge in [0.25, 0.3) is 0 Å². The topological polar surface area (TPSA) is 24.9 Å². The van der Waals surface area contributed by atoms with Crippen molar-refractivity contribution in [2.45, 2.75) is 6.92 Å². The van der Waals surface area contributed by atoms with E-state index in [1.807, 2.05) is 37.3 Å². The third kappa shape index (κ3) is 2.54. The second-order valence-electron chi connectivity index (χ2n) is 3.40. The molecule has 0 saturated heterocycles. The Morgan fingerprint density at radius 1 is 1.25 bits per heavy atom. The molecule has 0 radical (unpaired) electrons. The molecule has 16 heavy (non-hydrogen) atoms. The Hall–Kier alpha value is -1.06. The van der Waals surface area contributed by atoms with E-state index in [0.29, 0.717) is 0 Å². The summed E-state index contributed by atoms with van der Waals surface area (Å²) in [5.41, 5.74) is 2.00. The Morgan fingerprint density at radius 2 is 2.06 bits per heavy atom. The number of pyridine rings is 1. The molecule has 0 amide bonds. The molecule has 2 aromatic rings. The minimum absolute atomic E-state index is 0.752. The highest BCUT2D eigenvalue weighted by molar-refractivity contribution is 9.10. The first-order chi connectivity index (χ1) is 7.66. The maximum absolute atomic E-state index is 6.04. The van der Waals surface area contributed by atoms with Gasteiger partial charge in [0.05, 0.1) is 0 Å². The number of nitrogens with zero attached hydrogens (tertiary/aromatic N) is 1. The molecule has 2 rings (SSSR count). The van der Waals surface area contributed by atoms with Crippen LogP contribution in [0.2, 0.25) is 5.02 Å². The Labute approximate surface area is 108 Å². The van der Waals surface area contributed by atoms with Gasteiger partial charge in [-0.05, 0) is 52.7 Å². The van der Waals surface area contributed by atoms with E-state index in [9.17, 15) is 0 Å². The molecule has 1 heterocycles. The van der Waals surface area contributed by atoms with Crippen LogP contribution in [0.25, 0.3) is 0 Å². The molecule has 2 nitrogen and oxygen atoms in total. The zero-order valence-corrected chi connectivity index (χ0v) is 11.0. The zero-order chi connectivity index (χ0) is 11.5. The maximum atomic E-state index is 6.04. The smallest absolute Gasteiger partial charge is 0.130 e. The summed E-state index contributed by atoms with van der Waals surface area (Å²) in [6.45, 7) is 1.98. The molecule has 0 fully saturated rings. The molecule has 0 spiro atoms. The van der Waals surface area contributed by atoms with Gasteiger partial charge in [0.15, 0.2) is 0 Å². The fourth-order valence-corrected chi connectivity index (χ4v) is 1.74. The number of benzene rings is 1. The van der Waals surface area contributed by atoms with Crippen molar-refractivity contribution in [1.82, 2.24) is 4.98 Å². The highest BCUT2D eigenvalue weighted by Gasteiger charge is 2.02. The van der Waals surface area contributed by atoms with Gasteiger partial charge in [-0.25, -0.2) is 4.98 Å². The summed E-state index contributed by atoms with van der Waals surface area (Å²) in [5, 5.41) is 3.98. The molecule has 1 aromatic carbocycles. The van der Waals surface area contributed by atoms with Crippen LogP contribution >= 0.6 is 27.5 Å². The van der Waals surface area contributed by atoms with Gasteiger partial charge in [0.2, 0.25) is 0 Å². The fourth-order valence-electron chi connectivity index (χ4n) is 1.33. The van der Waals surface area contributed by atoms with Crippen LogP contribution in [-0.4, -0.2) is 4.98 Å². The van der Waals surface area contributed by atoms with Gasteiger partial charge in [0, 0.05) is 21.4 Å². The summed E-state index contributed by atoms with van der Waals surface area (Å²) < 4.78 is 0.959. The van der Waals surface area contributed by atoms with Gasteiger partial charge >= 0.3 is 0 Å². The third-order valence-corrected chi connectivity index (χ3v) is 3.14. The molecule has 0 saturated carbocycles. The molecule has 0 atom stereocenters. The predicted molar refractivity (Wildman–Crippen MR) is 71.4 cm³/mol. The second-order valence-corrected chi connectivity index (χ2v) is 4.72. The van der Waals surface area contributed by atoms with Crippen LogP contribution in [0, 0.1) is 6.92 Å². The van der Waals surface area contributed by atoms with Crippen LogP contribution in [0.15, 0.2) is 41.0 Å². The Morgan fingerprint density at radius 3 is 2.75 bits per heavy atom. The number of hydrogen-bond donors (Lipinski definition) is 1. The Kier molecular flexibility index (Phi) is 3.46. The summed E-state index contributed by atoms with van der Waals surface area (Å²) >= 11 is 9.38. The van der Waals surface area contributed by atoms with E-state index in [0.717, 1.165) is 26.6 Å².